The summed E-state index contributed by atoms with van der Waals surface area (Å²) >= 11 is 0. The van der Waals surface area contributed by atoms with E-state index in [0.717, 1.165) is 34.3 Å². The van der Waals surface area contributed by atoms with Gasteiger partial charge in [-0.3, -0.25) is 4.79 Å². The second-order valence-electron chi connectivity index (χ2n) is 5.99. The average Bonchev–Trinajstić information content (AvgIpc) is 3.04. The van der Waals surface area contributed by atoms with E-state index in [9.17, 15) is 4.79 Å². The van der Waals surface area contributed by atoms with E-state index < -0.39 is 0 Å². The Morgan fingerprint density at radius 2 is 2.00 bits per heavy atom. The number of hydrogen-bond acceptors (Lipinski definition) is 2. The van der Waals surface area contributed by atoms with Crippen LogP contribution in [0.1, 0.15) is 42.2 Å². The molecule has 0 bridgehead atoms. The number of anilines is 1. The molecule has 1 amide bonds. The van der Waals surface area contributed by atoms with Gasteiger partial charge in [-0.2, -0.15) is 0 Å². The summed E-state index contributed by atoms with van der Waals surface area (Å²) in [7, 11) is 1.63. The van der Waals surface area contributed by atoms with Crippen molar-refractivity contribution < 1.29 is 9.53 Å². The number of carbonyl (C=O) groups excluding carboxylic acids is 1. The number of benzene rings is 2. The summed E-state index contributed by atoms with van der Waals surface area (Å²) < 4.78 is 5.23. The maximum atomic E-state index is 12.6. The lowest BCUT2D eigenvalue weighted by Crippen LogP contribution is -2.14. The number of rotatable bonds is 5. The first-order valence-electron chi connectivity index (χ1n) is 8.19. The maximum absolute atomic E-state index is 12.6. The number of aromatic amines is 1. The van der Waals surface area contributed by atoms with E-state index in [1.807, 2.05) is 42.5 Å². The monoisotopic (exact) mass is 322 g/mol. The molecule has 0 saturated carbocycles. The molecule has 0 saturated heterocycles. The maximum Gasteiger partial charge on any atom is 0.272 e. The van der Waals surface area contributed by atoms with Crippen LogP contribution < -0.4 is 10.1 Å². The minimum Gasteiger partial charge on any atom is -0.497 e. The van der Waals surface area contributed by atoms with E-state index in [4.69, 9.17) is 4.74 Å². The molecule has 2 aromatic carbocycles. The second kappa shape index (κ2) is 6.79. The normalized spacial score (nSPS) is 12.1. The molecule has 0 aliphatic carbocycles. The first-order valence-corrected chi connectivity index (χ1v) is 8.19. The van der Waals surface area contributed by atoms with E-state index >= 15 is 0 Å². The lowest BCUT2D eigenvalue weighted by Gasteiger charge is -2.15. The largest absolute Gasteiger partial charge is 0.497 e. The number of fused-ring (bicyclic) bond motifs is 1. The standard InChI is InChI=1S/C20H22N2O2/c1-4-13(2)16-7-5-6-8-18(16)22-20(23)19-12-14-11-15(24-3)9-10-17(14)21-19/h5-13,21H,4H2,1-3H3,(H,22,23)/t13-/m1/s1. The quantitative estimate of drug-likeness (QED) is 0.699. The molecule has 0 unspecified atom stereocenters. The molecule has 0 spiro atoms. The van der Waals surface area contributed by atoms with Crippen LogP contribution in [0.25, 0.3) is 10.9 Å². The van der Waals surface area contributed by atoms with Crippen LogP contribution in [0, 0.1) is 0 Å². The predicted molar refractivity (Wildman–Crippen MR) is 98.0 cm³/mol. The summed E-state index contributed by atoms with van der Waals surface area (Å²) in [6, 6.07) is 15.5. The van der Waals surface area contributed by atoms with Crippen molar-refractivity contribution in [1.82, 2.24) is 4.98 Å². The van der Waals surface area contributed by atoms with Crippen LogP contribution >= 0.6 is 0 Å². The highest BCUT2D eigenvalue weighted by Crippen LogP contribution is 2.27. The van der Waals surface area contributed by atoms with Gasteiger partial charge >= 0.3 is 0 Å². The molecule has 24 heavy (non-hydrogen) atoms. The number of aromatic nitrogens is 1. The van der Waals surface area contributed by atoms with Crippen molar-refractivity contribution >= 4 is 22.5 Å². The van der Waals surface area contributed by atoms with Crippen LogP contribution in [0.5, 0.6) is 5.75 Å². The number of carbonyl (C=O) groups is 1. The number of H-pyrrole nitrogens is 1. The van der Waals surface area contributed by atoms with Gasteiger partial charge in [0.05, 0.1) is 7.11 Å². The number of ether oxygens (including phenoxy) is 1. The van der Waals surface area contributed by atoms with Crippen LogP contribution in [0.2, 0.25) is 0 Å². The topological polar surface area (TPSA) is 54.1 Å². The fourth-order valence-corrected chi connectivity index (χ4v) is 2.81. The fourth-order valence-electron chi connectivity index (χ4n) is 2.81. The van der Waals surface area contributed by atoms with Crippen molar-refractivity contribution in [2.45, 2.75) is 26.2 Å². The highest BCUT2D eigenvalue weighted by Gasteiger charge is 2.14. The van der Waals surface area contributed by atoms with E-state index in [1.54, 1.807) is 7.11 Å². The molecule has 0 radical (unpaired) electrons. The van der Waals surface area contributed by atoms with Gasteiger partial charge in [0.2, 0.25) is 0 Å². The third kappa shape index (κ3) is 3.13. The van der Waals surface area contributed by atoms with Crippen LogP contribution in [-0.2, 0) is 0 Å². The zero-order chi connectivity index (χ0) is 17.1. The van der Waals surface area contributed by atoms with Gasteiger partial charge in [0.15, 0.2) is 0 Å². The Morgan fingerprint density at radius 3 is 2.75 bits per heavy atom. The number of amides is 1. The van der Waals surface area contributed by atoms with Crippen molar-refractivity contribution in [2.24, 2.45) is 0 Å². The van der Waals surface area contributed by atoms with Crippen LogP contribution in [0.4, 0.5) is 5.69 Å². The number of nitrogens with one attached hydrogen (secondary N) is 2. The fraction of sp³-hybridized carbons (Fsp3) is 0.250. The molecular weight excluding hydrogens is 300 g/mol. The molecule has 0 aliphatic rings. The van der Waals surface area contributed by atoms with Gasteiger partial charge in [0.1, 0.15) is 11.4 Å². The summed E-state index contributed by atoms with van der Waals surface area (Å²) in [5.41, 5.74) is 3.48. The van der Waals surface area contributed by atoms with Crippen LogP contribution in [-0.4, -0.2) is 18.0 Å². The molecule has 0 aliphatic heterocycles. The molecule has 2 N–H and O–H groups in total. The van der Waals surface area contributed by atoms with Crippen LogP contribution in [0.15, 0.2) is 48.5 Å². The predicted octanol–water partition coefficient (Wildman–Crippen LogP) is 4.94. The summed E-state index contributed by atoms with van der Waals surface area (Å²) in [5.74, 6) is 1.03. The average molecular weight is 322 g/mol. The Hall–Kier alpha value is -2.75. The lowest BCUT2D eigenvalue weighted by molar-refractivity contribution is 0.102. The van der Waals surface area contributed by atoms with Crippen molar-refractivity contribution in [2.75, 3.05) is 12.4 Å². The number of para-hydroxylation sites is 1. The summed E-state index contributed by atoms with van der Waals surface area (Å²) in [4.78, 5) is 15.8. The van der Waals surface area contributed by atoms with Crippen molar-refractivity contribution in [1.29, 1.82) is 0 Å². The lowest BCUT2D eigenvalue weighted by atomic mass is 9.97. The zero-order valence-electron chi connectivity index (χ0n) is 14.2. The van der Waals surface area contributed by atoms with E-state index in [2.05, 4.69) is 30.2 Å². The molecular formula is C20H22N2O2. The smallest absolute Gasteiger partial charge is 0.272 e. The molecule has 3 rings (SSSR count). The van der Waals surface area contributed by atoms with E-state index in [1.165, 1.54) is 0 Å². The molecule has 4 nitrogen and oxygen atoms in total. The highest BCUT2D eigenvalue weighted by atomic mass is 16.5. The van der Waals surface area contributed by atoms with Crippen molar-refractivity contribution in [3.8, 4) is 5.75 Å². The van der Waals surface area contributed by atoms with Gasteiger partial charge < -0.3 is 15.0 Å². The van der Waals surface area contributed by atoms with E-state index in [-0.39, 0.29) is 5.91 Å². The minimum absolute atomic E-state index is 0.138. The number of methoxy groups -OCH3 is 1. The van der Waals surface area contributed by atoms with Gasteiger partial charge in [0, 0.05) is 16.6 Å². The molecule has 3 aromatic rings. The van der Waals surface area contributed by atoms with Crippen molar-refractivity contribution in [3.63, 3.8) is 0 Å². The highest BCUT2D eigenvalue weighted by molar-refractivity contribution is 6.06. The van der Waals surface area contributed by atoms with Gasteiger partial charge in [-0.15, -0.1) is 0 Å². The van der Waals surface area contributed by atoms with E-state index in [0.29, 0.717) is 11.6 Å². The molecule has 4 heteroatoms. The zero-order valence-corrected chi connectivity index (χ0v) is 14.2. The minimum atomic E-state index is -0.138. The Balaban J connectivity index is 1.88. The summed E-state index contributed by atoms with van der Waals surface area (Å²) in [6.07, 6.45) is 1.03. The summed E-state index contributed by atoms with van der Waals surface area (Å²) in [6.45, 7) is 4.31. The Bertz CT molecular complexity index is 867. The number of hydrogen-bond donors (Lipinski definition) is 2. The third-order valence-electron chi connectivity index (χ3n) is 4.42. The Morgan fingerprint density at radius 1 is 1.21 bits per heavy atom. The molecule has 1 atom stereocenters. The Kier molecular flexibility index (Phi) is 4.56. The van der Waals surface area contributed by atoms with Gasteiger partial charge in [-0.05, 0) is 48.2 Å². The SMILES string of the molecule is CC[C@@H](C)c1ccccc1NC(=O)c1cc2cc(OC)ccc2[nH]1. The van der Waals surface area contributed by atoms with Gasteiger partial charge in [0.25, 0.3) is 5.91 Å². The second-order valence-corrected chi connectivity index (χ2v) is 5.99. The third-order valence-corrected chi connectivity index (χ3v) is 4.42. The van der Waals surface area contributed by atoms with Crippen molar-refractivity contribution in [3.05, 3.63) is 59.8 Å². The Labute approximate surface area is 141 Å². The first-order chi connectivity index (χ1) is 11.6. The molecule has 1 heterocycles. The van der Waals surface area contributed by atoms with Crippen LogP contribution in [0.3, 0.4) is 0 Å². The summed E-state index contributed by atoms with van der Waals surface area (Å²) in [5, 5.41) is 3.98. The molecule has 1 aromatic heterocycles. The van der Waals surface area contributed by atoms with Gasteiger partial charge in [-0.1, -0.05) is 32.0 Å². The van der Waals surface area contributed by atoms with Gasteiger partial charge in [-0.25, -0.2) is 0 Å². The molecule has 0 fully saturated rings. The first kappa shape index (κ1) is 16.1. The molecule has 124 valence electrons.